The van der Waals surface area contributed by atoms with Gasteiger partial charge < -0.3 is 10.5 Å². The second-order valence-corrected chi connectivity index (χ2v) is 5.65. The summed E-state index contributed by atoms with van der Waals surface area (Å²) in [5, 5.41) is 9.79. The van der Waals surface area contributed by atoms with Gasteiger partial charge in [0.05, 0.1) is 12.2 Å². The lowest BCUT2D eigenvalue weighted by Crippen LogP contribution is -2.32. The Morgan fingerprint density at radius 1 is 1.12 bits per heavy atom. The predicted molar refractivity (Wildman–Crippen MR) is 98.5 cm³/mol. The maximum absolute atomic E-state index is 5.90. The van der Waals surface area contributed by atoms with Gasteiger partial charge in [-0.3, -0.25) is 5.01 Å². The van der Waals surface area contributed by atoms with Gasteiger partial charge in [-0.1, -0.05) is 17.1 Å². The summed E-state index contributed by atoms with van der Waals surface area (Å²) < 4.78 is 7.72. The van der Waals surface area contributed by atoms with E-state index in [1.165, 1.54) is 11.0 Å². The Morgan fingerprint density at radius 3 is 2.50 bits per heavy atom. The molecule has 7 heteroatoms. The van der Waals surface area contributed by atoms with Crippen molar-refractivity contribution in [2.45, 2.75) is 6.92 Å². The van der Waals surface area contributed by atoms with E-state index < -0.39 is 0 Å². The average molecular weight is 321 g/mol. The number of nitrogen functional groups attached to an aromatic ring is 1. The quantitative estimate of drug-likeness (QED) is 0.537. The molecular formula is C17H20BN5O. The minimum absolute atomic E-state index is 0.533. The third kappa shape index (κ3) is 3.68. The normalized spacial score (nSPS) is 10.5. The summed E-state index contributed by atoms with van der Waals surface area (Å²) in [5.41, 5.74) is 9.98. The molecule has 1 heterocycles. The van der Waals surface area contributed by atoms with Crippen LogP contribution in [0.15, 0.2) is 55.1 Å². The number of aryl methyl sites for hydroxylation is 1. The fourth-order valence-electron chi connectivity index (χ4n) is 2.40. The molecule has 0 atom stereocenters. The van der Waals surface area contributed by atoms with Gasteiger partial charge in [-0.25, -0.2) is 4.68 Å². The van der Waals surface area contributed by atoms with E-state index in [0.717, 1.165) is 17.1 Å². The Balaban J connectivity index is 1.70. The zero-order valence-electron chi connectivity index (χ0n) is 13.9. The van der Waals surface area contributed by atoms with Gasteiger partial charge in [-0.2, -0.15) is 0 Å². The Labute approximate surface area is 142 Å². The van der Waals surface area contributed by atoms with Crippen molar-refractivity contribution in [3.63, 3.8) is 0 Å². The lowest BCUT2D eigenvalue weighted by atomic mass is 9.91. The topological polar surface area (TPSA) is 69.2 Å². The van der Waals surface area contributed by atoms with Gasteiger partial charge in [-0.15, -0.1) is 10.2 Å². The molecule has 0 spiro atoms. The van der Waals surface area contributed by atoms with Gasteiger partial charge in [-0.05, 0) is 43.3 Å². The van der Waals surface area contributed by atoms with Gasteiger partial charge in [0, 0.05) is 5.69 Å². The predicted octanol–water partition coefficient (Wildman–Crippen LogP) is 0.776. The standard InChI is InChI=1S/C17H20BN5O/c1-13-2-7-16(10-17(13)18)24-9-8-23(22-11-20-21-12-22)15-5-3-14(19)4-6-15/h2-7,10-12H,8-9,18-19H2,1H3. The summed E-state index contributed by atoms with van der Waals surface area (Å²) in [7, 11) is 2.08. The lowest BCUT2D eigenvalue weighted by molar-refractivity contribution is 0.320. The molecular weight excluding hydrogens is 301 g/mol. The monoisotopic (exact) mass is 321 g/mol. The third-order valence-electron chi connectivity index (χ3n) is 3.93. The highest BCUT2D eigenvalue weighted by Crippen LogP contribution is 2.17. The van der Waals surface area contributed by atoms with E-state index in [4.69, 9.17) is 10.5 Å². The lowest BCUT2D eigenvalue weighted by Gasteiger charge is -2.25. The minimum Gasteiger partial charge on any atom is -0.492 e. The molecule has 0 fully saturated rings. The molecule has 0 bridgehead atoms. The molecule has 0 aliphatic carbocycles. The molecule has 0 unspecified atom stereocenters. The van der Waals surface area contributed by atoms with Crippen LogP contribution in [-0.2, 0) is 0 Å². The second kappa shape index (κ2) is 7.08. The highest BCUT2D eigenvalue weighted by atomic mass is 16.5. The first-order chi connectivity index (χ1) is 11.6. The molecule has 3 aromatic rings. The molecule has 0 radical (unpaired) electrons. The highest BCUT2D eigenvalue weighted by molar-refractivity contribution is 6.33. The summed E-state index contributed by atoms with van der Waals surface area (Å²) in [6.07, 6.45) is 3.32. The maximum Gasteiger partial charge on any atom is 0.139 e. The summed E-state index contributed by atoms with van der Waals surface area (Å²) in [4.78, 5) is 0. The number of benzene rings is 2. The van der Waals surface area contributed by atoms with Gasteiger partial charge in [0.15, 0.2) is 0 Å². The summed E-state index contributed by atoms with van der Waals surface area (Å²) in [5.74, 6) is 0.874. The van der Waals surface area contributed by atoms with E-state index in [0.29, 0.717) is 13.2 Å². The molecule has 2 N–H and O–H groups in total. The molecule has 6 nitrogen and oxygen atoms in total. The van der Waals surface area contributed by atoms with E-state index in [9.17, 15) is 0 Å². The zero-order chi connectivity index (χ0) is 16.9. The number of hydrogen-bond donors (Lipinski definition) is 1. The highest BCUT2D eigenvalue weighted by Gasteiger charge is 2.09. The van der Waals surface area contributed by atoms with E-state index in [1.807, 2.05) is 40.0 Å². The summed E-state index contributed by atoms with van der Waals surface area (Å²) in [6, 6.07) is 13.8. The SMILES string of the molecule is Bc1cc(OCCN(c2ccc(N)cc2)n2cnnc2)ccc1C. The number of anilines is 2. The molecule has 0 saturated heterocycles. The number of ether oxygens (including phenoxy) is 1. The van der Waals surface area contributed by atoms with Crippen LogP contribution in [0.5, 0.6) is 5.75 Å². The average Bonchev–Trinajstić information content (AvgIpc) is 3.10. The van der Waals surface area contributed by atoms with E-state index in [-0.39, 0.29) is 0 Å². The Hall–Kier alpha value is -2.96. The second-order valence-electron chi connectivity index (χ2n) is 5.65. The largest absolute Gasteiger partial charge is 0.492 e. The van der Waals surface area contributed by atoms with Crippen molar-refractivity contribution in [3.05, 3.63) is 60.7 Å². The van der Waals surface area contributed by atoms with E-state index in [1.54, 1.807) is 12.7 Å². The van der Waals surface area contributed by atoms with Crippen molar-refractivity contribution in [3.8, 4) is 5.75 Å². The van der Waals surface area contributed by atoms with Gasteiger partial charge >= 0.3 is 0 Å². The first-order valence-electron chi connectivity index (χ1n) is 7.81. The van der Waals surface area contributed by atoms with Crippen LogP contribution in [0.4, 0.5) is 11.4 Å². The Morgan fingerprint density at radius 2 is 1.83 bits per heavy atom. The van der Waals surface area contributed by atoms with Crippen molar-refractivity contribution in [2.75, 3.05) is 23.9 Å². The number of hydrogen-bond acceptors (Lipinski definition) is 5. The Kier molecular flexibility index (Phi) is 4.70. The van der Waals surface area contributed by atoms with Crippen LogP contribution in [0.3, 0.4) is 0 Å². The zero-order valence-corrected chi connectivity index (χ0v) is 13.9. The first kappa shape index (κ1) is 15.9. The van der Waals surface area contributed by atoms with Gasteiger partial charge in [0.1, 0.15) is 32.9 Å². The molecule has 3 rings (SSSR count). The van der Waals surface area contributed by atoms with Crippen molar-refractivity contribution >= 4 is 24.7 Å². The fraction of sp³-hybridized carbons (Fsp3) is 0.176. The van der Waals surface area contributed by atoms with Crippen LogP contribution < -0.4 is 20.9 Å². The van der Waals surface area contributed by atoms with Crippen molar-refractivity contribution in [1.29, 1.82) is 0 Å². The molecule has 0 aliphatic heterocycles. The van der Waals surface area contributed by atoms with Crippen LogP contribution in [-0.4, -0.2) is 35.9 Å². The number of aromatic nitrogens is 3. The fourth-order valence-corrected chi connectivity index (χ4v) is 2.40. The maximum atomic E-state index is 5.90. The van der Waals surface area contributed by atoms with Gasteiger partial charge in [0.25, 0.3) is 0 Å². The Bertz CT molecular complexity index is 789. The van der Waals surface area contributed by atoms with Gasteiger partial charge in [0.2, 0.25) is 0 Å². The number of nitrogens with two attached hydrogens (primary N) is 1. The van der Waals surface area contributed by atoms with E-state index >= 15 is 0 Å². The van der Waals surface area contributed by atoms with Crippen LogP contribution in [0.1, 0.15) is 5.56 Å². The summed E-state index contributed by atoms with van der Waals surface area (Å²) in [6.45, 7) is 3.27. The smallest absolute Gasteiger partial charge is 0.139 e. The summed E-state index contributed by atoms with van der Waals surface area (Å²) >= 11 is 0. The minimum atomic E-state index is 0.533. The number of rotatable bonds is 6. The molecule has 122 valence electrons. The molecule has 0 aliphatic rings. The van der Waals surface area contributed by atoms with Crippen molar-refractivity contribution in [1.82, 2.24) is 14.9 Å². The van der Waals surface area contributed by atoms with Crippen molar-refractivity contribution in [2.24, 2.45) is 0 Å². The molecule has 2 aromatic carbocycles. The molecule has 1 aromatic heterocycles. The molecule has 24 heavy (non-hydrogen) atoms. The van der Waals surface area contributed by atoms with Crippen LogP contribution >= 0.6 is 0 Å². The van der Waals surface area contributed by atoms with E-state index in [2.05, 4.69) is 37.1 Å². The third-order valence-corrected chi connectivity index (χ3v) is 3.93. The molecule has 0 saturated carbocycles. The number of nitrogens with zero attached hydrogens (tertiary/aromatic N) is 4. The molecule has 0 amide bonds. The van der Waals surface area contributed by atoms with Crippen LogP contribution in [0.2, 0.25) is 0 Å². The first-order valence-corrected chi connectivity index (χ1v) is 7.81. The van der Waals surface area contributed by atoms with Crippen LogP contribution in [0.25, 0.3) is 0 Å². The van der Waals surface area contributed by atoms with Crippen LogP contribution in [0, 0.1) is 6.92 Å². The van der Waals surface area contributed by atoms with Crippen molar-refractivity contribution < 1.29 is 4.74 Å².